The van der Waals surface area contributed by atoms with Gasteiger partial charge >= 0.3 is 0 Å². The Morgan fingerprint density at radius 3 is 2.57 bits per heavy atom. The third-order valence-electron chi connectivity index (χ3n) is 1.70. The lowest BCUT2D eigenvalue weighted by Crippen LogP contribution is -1.92. The average molecular weight is 254 g/mol. The van der Waals surface area contributed by atoms with E-state index in [9.17, 15) is 4.39 Å². The summed E-state index contributed by atoms with van der Waals surface area (Å²) in [6, 6.07) is 3.38. The molecule has 14 heavy (non-hydrogen) atoms. The lowest BCUT2D eigenvalue weighted by molar-refractivity contribution is 0.609. The molecular weight excluding hydrogens is 249 g/mol. The second-order valence-electron chi connectivity index (χ2n) is 2.56. The summed E-state index contributed by atoms with van der Waals surface area (Å²) in [7, 11) is 0. The predicted molar refractivity (Wildman–Crippen MR) is 52.9 cm³/mol. The lowest BCUT2D eigenvalue weighted by Gasteiger charge is -2.01. The minimum Gasteiger partial charge on any atom is -0.265 e. The van der Waals surface area contributed by atoms with E-state index in [2.05, 4.69) is 30.9 Å². The van der Waals surface area contributed by atoms with Gasteiger partial charge < -0.3 is 0 Å². The van der Waals surface area contributed by atoms with Gasteiger partial charge in [-0.3, -0.25) is 4.98 Å². The van der Waals surface area contributed by atoms with Gasteiger partial charge in [0.2, 0.25) is 0 Å². The Labute approximate surface area is 88.2 Å². The highest BCUT2D eigenvalue weighted by Crippen LogP contribution is 2.22. The summed E-state index contributed by atoms with van der Waals surface area (Å²) >= 11 is 3.00. The molecule has 5 heteroatoms. The van der Waals surface area contributed by atoms with Crippen LogP contribution in [0.1, 0.15) is 0 Å². The van der Waals surface area contributed by atoms with Gasteiger partial charge in [-0.25, -0.2) is 14.4 Å². The minimum atomic E-state index is -0.460. The van der Waals surface area contributed by atoms with Gasteiger partial charge in [0.25, 0.3) is 0 Å². The van der Waals surface area contributed by atoms with Crippen LogP contribution in [0, 0.1) is 5.82 Å². The zero-order valence-corrected chi connectivity index (χ0v) is 8.57. The molecule has 0 saturated carbocycles. The largest absolute Gasteiger partial charge is 0.265 e. The standard InChI is InChI=1S/C9H5BrFN3/c10-9-7(11)8(13-5-14-9)6-1-3-12-4-2-6/h1-5H. The maximum atomic E-state index is 13.5. The number of aromatic nitrogens is 3. The van der Waals surface area contributed by atoms with Gasteiger partial charge in [-0.2, -0.15) is 0 Å². The van der Waals surface area contributed by atoms with Crippen LogP contribution in [0.3, 0.4) is 0 Å². The maximum absolute atomic E-state index is 13.5. The van der Waals surface area contributed by atoms with Crippen LogP contribution < -0.4 is 0 Å². The highest BCUT2D eigenvalue weighted by Gasteiger charge is 2.09. The molecule has 0 bridgehead atoms. The number of halogens is 2. The first-order valence-corrected chi connectivity index (χ1v) is 4.64. The van der Waals surface area contributed by atoms with Crippen LogP contribution in [0.25, 0.3) is 11.3 Å². The molecule has 0 saturated heterocycles. The van der Waals surface area contributed by atoms with Crippen LogP contribution in [0.4, 0.5) is 4.39 Å². The van der Waals surface area contributed by atoms with Gasteiger partial charge in [0, 0.05) is 18.0 Å². The molecule has 0 N–H and O–H groups in total. The highest BCUT2D eigenvalue weighted by molar-refractivity contribution is 9.10. The number of hydrogen-bond acceptors (Lipinski definition) is 3. The zero-order chi connectivity index (χ0) is 9.97. The van der Waals surface area contributed by atoms with E-state index < -0.39 is 5.82 Å². The van der Waals surface area contributed by atoms with Gasteiger partial charge in [-0.15, -0.1) is 0 Å². The van der Waals surface area contributed by atoms with E-state index >= 15 is 0 Å². The van der Waals surface area contributed by atoms with E-state index in [0.29, 0.717) is 5.56 Å². The average Bonchev–Trinajstić information content (AvgIpc) is 2.23. The Kier molecular flexibility index (Phi) is 2.49. The number of nitrogens with zero attached hydrogens (tertiary/aromatic N) is 3. The summed E-state index contributed by atoms with van der Waals surface area (Å²) < 4.78 is 13.7. The SMILES string of the molecule is Fc1c(Br)ncnc1-c1ccncc1. The fourth-order valence-corrected chi connectivity index (χ4v) is 1.34. The lowest BCUT2D eigenvalue weighted by atomic mass is 10.2. The quantitative estimate of drug-likeness (QED) is 0.733. The number of rotatable bonds is 1. The van der Waals surface area contributed by atoms with E-state index in [4.69, 9.17) is 0 Å². The van der Waals surface area contributed by atoms with Crippen molar-refractivity contribution in [2.75, 3.05) is 0 Å². The van der Waals surface area contributed by atoms with E-state index in [-0.39, 0.29) is 10.3 Å². The van der Waals surface area contributed by atoms with Crippen LogP contribution in [-0.2, 0) is 0 Å². The van der Waals surface area contributed by atoms with Crippen LogP contribution in [0.2, 0.25) is 0 Å². The molecule has 2 aromatic rings. The van der Waals surface area contributed by atoms with Crippen molar-refractivity contribution >= 4 is 15.9 Å². The van der Waals surface area contributed by atoms with Crippen molar-refractivity contribution < 1.29 is 4.39 Å². The van der Waals surface area contributed by atoms with Crippen molar-refractivity contribution in [3.05, 3.63) is 41.3 Å². The molecule has 0 atom stereocenters. The Morgan fingerprint density at radius 2 is 1.86 bits per heavy atom. The summed E-state index contributed by atoms with van der Waals surface area (Å²) in [4.78, 5) is 11.4. The molecule has 0 fully saturated rings. The maximum Gasteiger partial charge on any atom is 0.182 e. The Hall–Kier alpha value is -1.36. The molecule has 0 amide bonds. The fourth-order valence-electron chi connectivity index (χ4n) is 1.06. The van der Waals surface area contributed by atoms with E-state index in [1.54, 1.807) is 24.5 Å². The first-order chi connectivity index (χ1) is 6.79. The second-order valence-corrected chi connectivity index (χ2v) is 3.31. The van der Waals surface area contributed by atoms with Crippen LogP contribution in [0.5, 0.6) is 0 Å². The topological polar surface area (TPSA) is 38.7 Å². The Bertz CT molecular complexity index is 447. The van der Waals surface area contributed by atoms with Crippen molar-refractivity contribution in [3.63, 3.8) is 0 Å². The molecule has 0 unspecified atom stereocenters. The van der Waals surface area contributed by atoms with Gasteiger partial charge in [0.1, 0.15) is 16.6 Å². The van der Waals surface area contributed by atoms with Gasteiger partial charge in [-0.1, -0.05) is 0 Å². The summed E-state index contributed by atoms with van der Waals surface area (Å²) in [5.41, 5.74) is 0.954. The molecule has 70 valence electrons. The molecule has 0 aliphatic carbocycles. The molecule has 0 aliphatic heterocycles. The number of hydrogen-bond donors (Lipinski definition) is 0. The summed E-state index contributed by atoms with van der Waals surface area (Å²) in [5.74, 6) is -0.460. The Balaban J connectivity index is 2.58. The first-order valence-electron chi connectivity index (χ1n) is 3.85. The normalized spacial score (nSPS) is 10.1. The smallest absolute Gasteiger partial charge is 0.182 e. The van der Waals surface area contributed by atoms with E-state index in [1.807, 2.05) is 0 Å². The van der Waals surface area contributed by atoms with Crippen molar-refractivity contribution in [1.29, 1.82) is 0 Å². The molecule has 2 heterocycles. The molecule has 0 aliphatic rings. The van der Waals surface area contributed by atoms with Gasteiger partial charge in [-0.05, 0) is 28.1 Å². The molecule has 2 rings (SSSR count). The van der Waals surface area contributed by atoms with Crippen molar-refractivity contribution in [2.45, 2.75) is 0 Å². The van der Waals surface area contributed by atoms with Gasteiger partial charge in [0.15, 0.2) is 5.82 Å². The summed E-state index contributed by atoms with van der Waals surface area (Å²) in [6.07, 6.45) is 4.48. The molecular formula is C9H5BrFN3. The van der Waals surface area contributed by atoms with Crippen molar-refractivity contribution in [3.8, 4) is 11.3 Å². The third kappa shape index (κ3) is 1.63. The van der Waals surface area contributed by atoms with Crippen molar-refractivity contribution in [2.24, 2.45) is 0 Å². The fraction of sp³-hybridized carbons (Fsp3) is 0. The van der Waals surface area contributed by atoms with Gasteiger partial charge in [0.05, 0.1) is 0 Å². The summed E-state index contributed by atoms with van der Waals surface area (Å²) in [5, 5.41) is 0. The number of pyridine rings is 1. The monoisotopic (exact) mass is 253 g/mol. The highest BCUT2D eigenvalue weighted by atomic mass is 79.9. The van der Waals surface area contributed by atoms with Crippen molar-refractivity contribution in [1.82, 2.24) is 15.0 Å². The zero-order valence-electron chi connectivity index (χ0n) is 6.98. The molecule has 2 aromatic heterocycles. The summed E-state index contributed by atoms with van der Waals surface area (Å²) in [6.45, 7) is 0. The molecule has 0 aromatic carbocycles. The molecule has 3 nitrogen and oxygen atoms in total. The van der Waals surface area contributed by atoms with E-state index in [1.165, 1.54) is 6.33 Å². The van der Waals surface area contributed by atoms with E-state index in [0.717, 1.165) is 0 Å². The minimum absolute atomic E-state index is 0.166. The second kappa shape index (κ2) is 3.79. The Morgan fingerprint density at radius 1 is 1.14 bits per heavy atom. The first kappa shape index (κ1) is 9.21. The molecule has 0 radical (unpaired) electrons. The van der Waals surface area contributed by atoms with Crippen LogP contribution in [0.15, 0.2) is 35.5 Å². The van der Waals surface area contributed by atoms with Crippen LogP contribution in [-0.4, -0.2) is 15.0 Å². The third-order valence-corrected chi connectivity index (χ3v) is 2.25. The molecule has 0 spiro atoms. The predicted octanol–water partition coefficient (Wildman–Crippen LogP) is 2.44. The van der Waals surface area contributed by atoms with Crippen LogP contribution >= 0.6 is 15.9 Å².